The molecule has 0 N–H and O–H groups in total. The van der Waals surface area contributed by atoms with Crippen LogP contribution in [0, 0.1) is 0 Å². The fourth-order valence-corrected chi connectivity index (χ4v) is 2.19. The predicted octanol–water partition coefficient (Wildman–Crippen LogP) is 3.60. The van der Waals surface area contributed by atoms with Gasteiger partial charge < -0.3 is 4.74 Å². The lowest BCUT2D eigenvalue weighted by molar-refractivity contribution is 0.488. The van der Waals surface area contributed by atoms with Crippen molar-refractivity contribution >= 4 is 29.8 Å². The second-order valence-electron chi connectivity index (χ2n) is 2.98. The molecule has 15 heavy (non-hydrogen) atoms. The molecule has 0 amide bonds. The highest BCUT2D eigenvalue weighted by Crippen LogP contribution is 2.35. The van der Waals surface area contributed by atoms with Crippen LogP contribution in [0.5, 0.6) is 5.75 Å². The normalized spacial score (nSPS) is 11.7. The molecule has 1 aromatic carbocycles. The van der Waals surface area contributed by atoms with Gasteiger partial charge in [-0.05, 0) is 18.2 Å². The Morgan fingerprint density at radius 1 is 1.20 bits per heavy atom. The summed E-state index contributed by atoms with van der Waals surface area (Å²) in [7, 11) is 0. The average molecular weight is 238 g/mol. The van der Waals surface area contributed by atoms with Gasteiger partial charge in [0.2, 0.25) is 0 Å². The van der Waals surface area contributed by atoms with Crippen LogP contribution in [0.25, 0.3) is 17.3 Å². The highest BCUT2D eigenvalue weighted by atomic mass is 35.5. The van der Waals surface area contributed by atoms with Crippen LogP contribution in [-0.4, -0.2) is 4.98 Å². The number of hydrogen-bond acceptors (Lipinski definition) is 3. The number of hydrogen-bond donors (Lipinski definition) is 0. The first-order chi connectivity index (χ1) is 6.95. The number of benzene rings is 1. The van der Waals surface area contributed by atoms with E-state index < -0.39 is 0 Å². The lowest BCUT2D eigenvalue weighted by Crippen LogP contribution is -1.84. The number of thiazole rings is 1. The van der Waals surface area contributed by atoms with Crippen molar-refractivity contribution in [1.82, 2.24) is 4.98 Å². The summed E-state index contributed by atoms with van der Waals surface area (Å²) in [5.41, 5.74) is 3.94. The maximum Gasteiger partial charge on any atom is 0.135 e. The van der Waals surface area contributed by atoms with Crippen LogP contribution in [0.1, 0.15) is 4.88 Å². The minimum absolute atomic E-state index is 0. The zero-order valence-corrected chi connectivity index (χ0v) is 9.35. The summed E-state index contributed by atoms with van der Waals surface area (Å²) in [6.45, 7) is 0. The van der Waals surface area contributed by atoms with Gasteiger partial charge in [0, 0.05) is 5.56 Å². The first-order valence-electron chi connectivity index (χ1n) is 4.31. The lowest BCUT2D eigenvalue weighted by atomic mass is 10.1. The molecule has 2 aromatic rings. The van der Waals surface area contributed by atoms with E-state index in [1.54, 1.807) is 17.6 Å². The Hall–Kier alpha value is -1.32. The molecule has 1 aliphatic rings. The van der Waals surface area contributed by atoms with E-state index in [4.69, 9.17) is 4.74 Å². The fourth-order valence-electron chi connectivity index (χ4n) is 1.51. The van der Waals surface area contributed by atoms with E-state index in [0.29, 0.717) is 0 Å². The molecule has 1 aromatic heterocycles. The second-order valence-corrected chi connectivity index (χ2v) is 3.87. The molecule has 0 unspecified atom stereocenters. The Labute approximate surface area is 97.6 Å². The SMILES string of the molecule is C1=Cc2scnc2-c2ccccc2O1.Cl. The van der Waals surface area contributed by atoms with Crippen LogP contribution >= 0.6 is 23.7 Å². The van der Waals surface area contributed by atoms with E-state index in [-0.39, 0.29) is 12.4 Å². The minimum atomic E-state index is 0. The summed E-state index contributed by atoms with van der Waals surface area (Å²) in [6, 6.07) is 7.94. The topological polar surface area (TPSA) is 22.1 Å². The molecule has 1 aliphatic heterocycles. The van der Waals surface area contributed by atoms with E-state index >= 15 is 0 Å². The zero-order chi connectivity index (χ0) is 9.38. The fraction of sp³-hybridized carbons (Fsp3) is 0. The summed E-state index contributed by atoms with van der Waals surface area (Å²) in [5, 5.41) is 0. The number of para-hydroxylation sites is 1. The summed E-state index contributed by atoms with van der Waals surface area (Å²) >= 11 is 1.62. The Morgan fingerprint density at radius 3 is 3.00 bits per heavy atom. The van der Waals surface area contributed by atoms with Crippen LogP contribution in [0.2, 0.25) is 0 Å². The van der Waals surface area contributed by atoms with Crippen LogP contribution in [0.3, 0.4) is 0 Å². The van der Waals surface area contributed by atoms with Crippen LogP contribution < -0.4 is 4.74 Å². The van der Waals surface area contributed by atoms with Gasteiger partial charge >= 0.3 is 0 Å². The Balaban J connectivity index is 0.000000853. The van der Waals surface area contributed by atoms with Gasteiger partial charge in [0.25, 0.3) is 0 Å². The van der Waals surface area contributed by atoms with Crippen molar-refractivity contribution in [3.8, 4) is 17.0 Å². The highest BCUT2D eigenvalue weighted by Gasteiger charge is 2.13. The van der Waals surface area contributed by atoms with Gasteiger partial charge in [-0.3, -0.25) is 0 Å². The van der Waals surface area contributed by atoms with Crippen molar-refractivity contribution < 1.29 is 4.74 Å². The molecule has 76 valence electrons. The summed E-state index contributed by atoms with van der Waals surface area (Å²) in [5.74, 6) is 0.869. The number of rotatable bonds is 0. The first-order valence-corrected chi connectivity index (χ1v) is 5.19. The van der Waals surface area contributed by atoms with E-state index in [9.17, 15) is 0 Å². The van der Waals surface area contributed by atoms with E-state index in [1.807, 2.05) is 35.9 Å². The summed E-state index contributed by atoms with van der Waals surface area (Å²) in [4.78, 5) is 5.49. The van der Waals surface area contributed by atoms with Crippen molar-refractivity contribution in [2.24, 2.45) is 0 Å². The van der Waals surface area contributed by atoms with Gasteiger partial charge in [-0.15, -0.1) is 23.7 Å². The van der Waals surface area contributed by atoms with Gasteiger partial charge in [-0.2, -0.15) is 0 Å². The molecule has 0 saturated carbocycles. The Morgan fingerprint density at radius 2 is 2.07 bits per heavy atom. The van der Waals surface area contributed by atoms with Crippen molar-refractivity contribution in [3.05, 3.63) is 40.9 Å². The molecular formula is C11H8ClNOS. The van der Waals surface area contributed by atoms with Crippen LogP contribution in [-0.2, 0) is 0 Å². The van der Waals surface area contributed by atoms with E-state index in [1.165, 1.54) is 0 Å². The van der Waals surface area contributed by atoms with Gasteiger partial charge in [0.1, 0.15) is 5.75 Å². The third kappa shape index (κ3) is 1.64. The van der Waals surface area contributed by atoms with Gasteiger partial charge in [0.15, 0.2) is 0 Å². The smallest absolute Gasteiger partial charge is 0.135 e. The van der Waals surface area contributed by atoms with E-state index in [0.717, 1.165) is 21.9 Å². The van der Waals surface area contributed by atoms with Gasteiger partial charge in [0.05, 0.1) is 22.3 Å². The van der Waals surface area contributed by atoms with E-state index in [2.05, 4.69) is 4.98 Å². The molecular weight excluding hydrogens is 230 g/mol. The molecule has 0 atom stereocenters. The van der Waals surface area contributed by atoms with Crippen molar-refractivity contribution in [1.29, 1.82) is 0 Å². The molecule has 0 aliphatic carbocycles. The third-order valence-electron chi connectivity index (χ3n) is 2.15. The maximum atomic E-state index is 5.48. The molecule has 0 fully saturated rings. The molecule has 4 heteroatoms. The lowest BCUT2D eigenvalue weighted by Gasteiger charge is -2.03. The number of fused-ring (bicyclic) bond motifs is 3. The monoisotopic (exact) mass is 237 g/mol. The predicted molar refractivity (Wildman–Crippen MR) is 64.5 cm³/mol. The third-order valence-corrected chi connectivity index (χ3v) is 2.95. The maximum absolute atomic E-state index is 5.48. The van der Waals surface area contributed by atoms with Crippen molar-refractivity contribution in [2.75, 3.05) is 0 Å². The molecule has 0 spiro atoms. The quantitative estimate of drug-likeness (QED) is 0.699. The molecule has 0 radical (unpaired) electrons. The summed E-state index contributed by atoms with van der Waals surface area (Å²) < 4.78 is 5.48. The molecule has 2 heterocycles. The summed E-state index contributed by atoms with van der Waals surface area (Å²) in [6.07, 6.45) is 3.66. The standard InChI is InChI=1S/C11H7NOS.ClH/c1-2-4-9-8(3-1)11-10(5-6-13-9)14-7-12-11;/h1-7H;1H. The number of aromatic nitrogens is 1. The van der Waals surface area contributed by atoms with Crippen LogP contribution in [0.15, 0.2) is 36.0 Å². The van der Waals surface area contributed by atoms with Crippen LogP contribution in [0.4, 0.5) is 0 Å². The highest BCUT2D eigenvalue weighted by molar-refractivity contribution is 7.11. The molecule has 0 bridgehead atoms. The Bertz CT molecular complexity index is 507. The first kappa shape index (κ1) is 10.2. The molecule has 2 nitrogen and oxygen atoms in total. The Kier molecular flexibility index (Phi) is 2.75. The molecule has 0 saturated heterocycles. The van der Waals surface area contributed by atoms with Gasteiger partial charge in [-0.1, -0.05) is 12.1 Å². The van der Waals surface area contributed by atoms with Crippen molar-refractivity contribution in [3.63, 3.8) is 0 Å². The second kappa shape index (κ2) is 4.04. The van der Waals surface area contributed by atoms with Gasteiger partial charge in [-0.25, -0.2) is 4.98 Å². The largest absolute Gasteiger partial charge is 0.464 e. The van der Waals surface area contributed by atoms with Crippen molar-refractivity contribution in [2.45, 2.75) is 0 Å². The number of halogens is 1. The minimum Gasteiger partial charge on any atom is -0.464 e. The number of nitrogens with zero attached hydrogens (tertiary/aromatic N) is 1. The number of ether oxygens (including phenoxy) is 1. The average Bonchev–Trinajstić information content (AvgIpc) is 2.61. The zero-order valence-electron chi connectivity index (χ0n) is 7.71. The molecule has 3 rings (SSSR count).